The molecule has 0 aliphatic carbocycles. The van der Waals surface area contributed by atoms with Crippen LogP contribution in [0.1, 0.15) is 61.8 Å². The van der Waals surface area contributed by atoms with E-state index in [2.05, 4.69) is 33.9 Å². The molecule has 0 unspecified atom stereocenters. The van der Waals surface area contributed by atoms with Crippen LogP contribution in [-0.2, 0) is 9.16 Å². The van der Waals surface area contributed by atoms with Gasteiger partial charge in [-0.25, -0.2) is 4.79 Å². The maximum Gasteiger partial charge on any atom is 0.410 e. The summed E-state index contributed by atoms with van der Waals surface area (Å²) < 4.78 is 11.7. The lowest BCUT2D eigenvalue weighted by Crippen LogP contribution is -2.43. The van der Waals surface area contributed by atoms with Gasteiger partial charge in [0.1, 0.15) is 5.60 Å². The van der Waals surface area contributed by atoms with Crippen LogP contribution < -0.4 is 0 Å². The molecule has 0 aromatic rings. The van der Waals surface area contributed by atoms with Gasteiger partial charge in [-0.15, -0.1) is 0 Å². The summed E-state index contributed by atoms with van der Waals surface area (Å²) in [5.41, 5.74) is 0.00340. The molecule has 0 aliphatic heterocycles. The average Bonchev–Trinajstić information content (AvgIpc) is 2.38. The predicted molar refractivity (Wildman–Crippen MR) is 108 cm³/mol. The lowest BCUT2D eigenvalue weighted by atomic mass is 10.1. The van der Waals surface area contributed by atoms with E-state index in [0.29, 0.717) is 25.4 Å². The van der Waals surface area contributed by atoms with Crippen molar-refractivity contribution in [2.24, 2.45) is 5.92 Å². The molecule has 1 N–H and O–H groups in total. The SMILES string of the molecule is CC(C)C(=N)CN(CCCO[Si](C)(C)C(C)(C)C)C(=O)OC(C)(C)C. The summed E-state index contributed by atoms with van der Waals surface area (Å²) in [5.74, 6) is 0.119. The van der Waals surface area contributed by atoms with Crippen LogP contribution in [0.4, 0.5) is 4.79 Å². The molecule has 25 heavy (non-hydrogen) atoms. The molecule has 0 fully saturated rings. The second-order valence-corrected chi connectivity index (χ2v) is 14.4. The van der Waals surface area contributed by atoms with Gasteiger partial charge in [-0.3, -0.25) is 0 Å². The maximum atomic E-state index is 12.4. The summed E-state index contributed by atoms with van der Waals surface area (Å²) in [6.45, 7) is 22.1. The topological polar surface area (TPSA) is 62.6 Å². The number of hydrogen-bond donors (Lipinski definition) is 1. The van der Waals surface area contributed by atoms with Gasteiger partial charge in [-0.2, -0.15) is 0 Å². The fourth-order valence-electron chi connectivity index (χ4n) is 1.75. The van der Waals surface area contributed by atoms with Crippen molar-refractivity contribution in [2.75, 3.05) is 19.7 Å². The summed E-state index contributed by atoms with van der Waals surface area (Å²) in [7, 11) is -1.77. The fraction of sp³-hybridized carbons (Fsp3) is 0.895. The molecule has 6 heteroatoms. The fourth-order valence-corrected chi connectivity index (χ4v) is 2.84. The van der Waals surface area contributed by atoms with E-state index in [4.69, 9.17) is 14.6 Å². The highest BCUT2D eigenvalue weighted by Gasteiger charge is 2.36. The Morgan fingerprint density at radius 2 is 1.64 bits per heavy atom. The second kappa shape index (κ2) is 9.17. The van der Waals surface area contributed by atoms with E-state index in [9.17, 15) is 4.79 Å². The van der Waals surface area contributed by atoms with Crippen LogP contribution in [0.25, 0.3) is 0 Å². The second-order valence-electron chi connectivity index (χ2n) is 9.54. The molecule has 0 rings (SSSR count). The maximum absolute atomic E-state index is 12.4. The molecule has 0 aliphatic rings. The molecular weight excluding hydrogens is 332 g/mol. The molecule has 0 aromatic heterocycles. The largest absolute Gasteiger partial charge is 0.444 e. The summed E-state index contributed by atoms with van der Waals surface area (Å²) >= 11 is 0. The van der Waals surface area contributed by atoms with Gasteiger partial charge in [-0.1, -0.05) is 34.6 Å². The van der Waals surface area contributed by atoms with Gasteiger partial charge in [0.05, 0.1) is 6.54 Å². The molecule has 0 aromatic carbocycles. The molecule has 0 radical (unpaired) electrons. The third-order valence-corrected chi connectivity index (χ3v) is 9.09. The van der Waals surface area contributed by atoms with Crippen LogP contribution >= 0.6 is 0 Å². The highest BCUT2D eigenvalue weighted by molar-refractivity contribution is 6.74. The number of amides is 1. The molecule has 0 saturated heterocycles. The first-order valence-electron chi connectivity index (χ1n) is 9.26. The number of carbonyl (C=O) groups excluding carboxylic acids is 1. The molecule has 1 amide bonds. The van der Waals surface area contributed by atoms with Crippen LogP contribution in [0.5, 0.6) is 0 Å². The van der Waals surface area contributed by atoms with E-state index in [-0.39, 0.29) is 17.0 Å². The van der Waals surface area contributed by atoms with Gasteiger partial charge >= 0.3 is 6.09 Å². The zero-order valence-electron chi connectivity index (χ0n) is 18.1. The molecule has 0 atom stereocenters. The molecular formula is C19H40N2O3Si. The van der Waals surface area contributed by atoms with Crippen LogP contribution in [0.3, 0.4) is 0 Å². The van der Waals surface area contributed by atoms with Gasteiger partial charge in [0.2, 0.25) is 0 Å². The van der Waals surface area contributed by atoms with Crippen molar-refractivity contribution in [3.8, 4) is 0 Å². The van der Waals surface area contributed by atoms with E-state index >= 15 is 0 Å². The Hall–Kier alpha value is -0.883. The molecule has 0 bridgehead atoms. The standard InChI is InChI=1S/C19H40N2O3Si/c1-15(2)16(20)14-21(17(22)24-18(3,4)5)12-11-13-23-25(9,10)19(6,7)8/h15,20H,11-14H2,1-10H3. The zero-order valence-corrected chi connectivity index (χ0v) is 19.1. The normalized spacial score (nSPS) is 13.1. The van der Waals surface area contributed by atoms with E-state index in [1.165, 1.54) is 0 Å². The summed E-state index contributed by atoms with van der Waals surface area (Å²) in [6, 6.07) is 0. The average molecular weight is 373 g/mol. The zero-order chi connectivity index (χ0) is 20.1. The minimum absolute atomic E-state index is 0.119. The summed E-state index contributed by atoms with van der Waals surface area (Å²) in [5, 5.41) is 8.26. The summed E-state index contributed by atoms with van der Waals surface area (Å²) in [6.07, 6.45) is 0.391. The number of ether oxygens (including phenoxy) is 1. The van der Waals surface area contributed by atoms with E-state index in [0.717, 1.165) is 6.42 Å². The van der Waals surface area contributed by atoms with E-state index in [1.54, 1.807) is 4.90 Å². The van der Waals surface area contributed by atoms with Gasteiger partial charge < -0.3 is 19.5 Å². The number of rotatable bonds is 8. The first kappa shape index (κ1) is 24.1. The van der Waals surface area contributed by atoms with Gasteiger partial charge in [-0.05, 0) is 51.2 Å². The summed E-state index contributed by atoms with van der Waals surface area (Å²) in [4.78, 5) is 14.1. The third kappa shape index (κ3) is 9.40. The monoisotopic (exact) mass is 372 g/mol. The number of hydrogen-bond acceptors (Lipinski definition) is 4. The van der Waals surface area contributed by atoms with Gasteiger partial charge in [0, 0.05) is 18.9 Å². The Labute approximate surface area is 156 Å². The minimum atomic E-state index is -1.77. The Kier molecular flexibility index (Phi) is 8.85. The van der Waals surface area contributed by atoms with Crippen LogP contribution in [0.2, 0.25) is 18.1 Å². The smallest absolute Gasteiger partial charge is 0.410 e. The van der Waals surface area contributed by atoms with Crippen LogP contribution in [-0.4, -0.2) is 50.3 Å². The minimum Gasteiger partial charge on any atom is -0.444 e. The Bertz CT molecular complexity index is 449. The molecule has 0 heterocycles. The quantitative estimate of drug-likeness (QED) is 0.357. The number of nitrogens with zero attached hydrogens (tertiary/aromatic N) is 1. The van der Waals surface area contributed by atoms with Crippen molar-refractivity contribution in [1.82, 2.24) is 4.90 Å². The van der Waals surface area contributed by atoms with Gasteiger partial charge in [0.25, 0.3) is 0 Å². The first-order valence-corrected chi connectivity index (χ1v) is 12.2. The highest BCUT2D eigenvalue weighted by atomic mass is 28.4. The van der Waals surface area contributed by atoms with Gasteiger partial charge in [0.15, 0.2) is 8.32 Å². The number of carbonyl (C=O) groups is 1. The van der Waals surface area contributed by atoms with Crippen molar-refractivity contribution in [2.45, 2.75) is 85.5 Å². The number of nitrogens with one attached hydrogen (secondary N) is 1. The molecule has 5 nitrogen and oxygen atoms in total. The van der Waals surface area contributed by atoms with Crippen LogP contribution in [0.15, 0.2) is 0 Å². The van der Waals surface area contributed by atoms with Crippen molar-refractivity contribution in [1.29, 1.82) is 5.41 Å². The first-order chi connectivity index (χ1) is 11.1. The molecule has 0 saturated carbocycles. The predicted octanol–water partition coefficient (Wildman–Crippen LogP) is 5.31. The van der Waals surface area contributed by atoms with E-state index in [1.807, 2.05) is 34.6 Å². The van der Waals surface area contributed by atoms with Crippen molar-refractivity contribution < 1.29 is 14.0 Å². The molecule has 0 spiro atoms. The molecule has 148 valence electrons. The van der Waals surface area contributed by atoms with Crippen molar-refractivity contribution in [3.05, 3.63) is 0 Å². The lowest BCUT2D eigenvalue weighted by molar-refractivity contribution is 0.0269. The van der Waals surface area contributed by atoms with Crippen LogP contribution in [0, 0.1) is 11.3 Å². The Balaban J connectivity index is 4.74. The lowest BCUT2D eigenvalue weighted by Gasteiger charge is -2.36. The Morgan fingerprint density at radius 3 is 2.04 bits per heavy atom. The van der Waals surface area contributed by atoms with Crippen molar-refractivity contribution in [3.63, 3.8) is 0 Å². The van der Waals surface area contributed by atoms with E-state index < -0.39 is 13.9 Å². The van der Waals surface area contributed by atoms with Crippen molar-refractivity contribution >= 4 is 20.1 Å². The third-order valence-electron chi connectivity index (χ3n) is 4.55. The Morgan fingerprint density at radius 1 is 1.12 bits per heavy atom. The highest BCUT2D eigenvalue weighted by Crippen LogP contribution is 2.36.